The minimum Gasteiger partial charge on any atom is -0.490 e. The van der Waals surface area contributed by atoms with Gasteiger partial charge in [0.25, 0.3) is 0 Å². The van der Waals surface area contributed by atoms with E-state index in [0.717, 1.165) is 0 Å². The first kappa shape index (κ1) is 9.36. The predicted octanol–water partition coefficient (Wildman–Crippen LogP) is 2.17. The van der Waals surface area contributed by atoms with Crippen LogP contribution in [-0.2, 0) is 4.74 Å². The van der Waals surface area contributed by atoms with Crippen molar-refractivity contribution in [2.75, 3.05) is 20.3 Å². The Morgan fingerprint density at radius 1 is 1.50 bits per heavy atom. The molecule has 1 rings (SSSR count). The van der Waals surface area contributed by atoms with E-state index in [4.69, 9.17) is 21.1 Å². The number of benzene rings is 1. The summed E-state index contributed by atoms with van der Waals surface area (Å²) in [5, 5.41) is 0.508. The molecule has 0 aliphatic rings. The highest BCUT2D eigenvalue weighted by molar-refractivity contribution is 6.31. The SMILES string of the molecule is COCCOc1ccc[c]c1Cl. The van der Waals surface area contributed by atoms with Crippen molar-refractivity contribution in [1.29, 1.82) is 0 Å². The van der Waals surface area contributed by atoms with Gasteiger partial charge in [0.1, 0.15) is 12.4 Å². The summed E-state index contributed by atoms with van der Waals surface area (Å²) < 4.78 is 10.1. The normalized spacial score (nSPS) is 9.83. The fraction of sp³-hybridized carbons (Fsp3) is 0.333. The highest BCUT2D eigenvalue weighted by Gasteiger charge is 1.98. The van der Waals surface area contributed by atoms with Crippen LogP contribution in [0.4, 0.5) is 0 Å². The molecule has 0 saturated carbocycles. The second-order valence-electron chi connectivity index (χ2n) is 2.19. The smallest absolute Gasteiger partial charge is 0.138 e. The Morgan fingerprint density at radius 3 is 3.00 bits per heavy atom. The van der Waals surface area contributed by atoms with Gasteiger partial charge in [-0.15, -0.1) is 0 Å². The van der Waals surface area contributed by atoms with Gasteiger partial charge >= 0.3 is 0 Å². The highest BCUT2D eigenvalue weighted by atomic mass is 35.5. The molecule has 0 bridgehead atoms. The molecule has 1 radical (unpaired) electrons. The maximum Gasteiger partial charge on any atom is 0.138 e. The van der Waals surface area contributed by atoms with E-state index in [9.17, 15) is 0 Å². The molecule has 0 fully saturated rings. The average Bonchev–Trinajstić information content (AvgIpc) is 2.09. The summed E-state index contributed by atoms with van der Waals surface area (Å²) in [5.41, 5.74) is 0. The Hall–Kier alpha value is -0.730. The van der Waals surface area contributed by atoms with Crippen LogP contribution < -0.4 is 4.74 Å². The summed E-state index contributed by atoms with van der Waals surface area (Å²) >= 11 is 5.78. The van der Waals surface area contributed by atoms with Gasteiger partial charge in [-0.05, 0) is 6.07 Å². The van der Waals surface area contributed by atoms with Crippen molar-refractivity contribution in [3.63, 3.8) is 0 Å². The highest BCUT2D eigenvalue weighted by Crippen LogP contribution is 2.22. The lowest BCUT2D eigenvalue weighted by atomic mass is 10.3. The maximum atomic E-state index is 5.78. The zero-order chi connectivity index (χ0) is 8.81. The number of hydrogen-bond acceptors (Lipinski definition) is 2. The molecule has 1 aromatic carbocycles. The number of ether oxygens (including phenoxy) is 2. The van der Waals surface area contributed by atoms with E-state index < -0.39 is 0 Å². The third kappa shape index (κ3) is 2.72. The summed E-state index contributed by atoms with van der Waals surface area (Å²) in [7, 11) is 1.63. The Balaban J connectivity index is 2.46. The Kier molecular flexibility index (Phi) is 3.91. The van der Waals surface area contributed by atoms with Crippen LogP contribution in [0.25, 0.3) is 0 Å². The zero-order valence-corrected chi connectivity index (χ0v) is 7.60. The molecular weight excluding hydrogens is 176 g/mol. The van der Waals surface area contributed by atoms with Crippen LogP contribution in [0, 0.1) is 6.07 Å². The topological polar surface area (TPSA) is 18.5 Å². The lowest BCUT2D eigenvalue weighted by molar-refractivity contribution is 0.146. The van der Waals surface area contributed by atoms with Crippen LogP contribution >= 0.6 is 11.6 Å². The number of hydrogen-bond donors (Lipinski definition) is 0. The van der Waals surface area contributed by atoms with Gasteiger partial charge in [0.05, 0.1) is 11.6 Å². The molecular formula is C9H10ClO2. The molecule has 0 spiro atoms. The number of methoxy groups -OCH3 is 1. The minimum absolute atomic E-state index is 0.508. The summed E-state index contributed by atoms with van der Waals surface area (Å²) in [5.74, 6) is 0.649. The fourth-order valence-electron chi connectivity index (χ4n) is 0.748. The van der Waals surface area contributed by atoms with Crippen molar-refractivity contribution in [2.24, 2.45) is 0 Å². The van der Waals surface area contributed by atoms with E-state index in [2.05, 4.69) is 6.07 Å². The van der Waals surface area contributed by atoms with Crippen molar-refractivity contribution in [3.05, 3.63) is 29.3 Å². The summed E-state index contributed by atoms with van der Waals surface area (Å²) in [6.45, 7) is 1.07. The van der Waals surface area contributed by atoms with Gasteiger partial charge in [-0.2, -0.15) is 0 Å². The van der Waals surface area contributed by atoms with Crippen LogP contribution in [0.3, 0.4) is 0 Å². The van der Waals surface area contributed by atoms with Crippen LogP contribution in [0.15, 0.2) is 18.2 Å². The molecule has 1 aromatic rings. The van der Waals surface area contributed by atoms with Crippen molar-refractivity contribution in [2.45, 2.75) is 0 Å². The van der Waals surface area contributed by atoms with E-state index >= 15 is 0 Å². The fourth-order valence-corrected chi connectivity index (χ4v) is 0.928. The van der Waals surface area contributed by atoms with Gasteiger partial charge in [-0.1, -0.05) is 23.7 Å². The van der Waals surface area contributed by atoms with Gasteiger partial charge in [-0.3, -0.25) is 0 Å². The molecule has 0 aromatic heterocycles. The Labute approximate surface area is 77.1 Å². The average molecular weight is 186 g/mol. The first-order valence-corrected chi connectivity index (χ1v) is 4.00. The van der Waals surface area contributed by atoms with Crippen molar-refractivity contribution >= 4 is 11.6 Å². The monoisotopic (exact) mass is 185 g/mol. The molecule has 0 amide bonds. The zero-order valence-electron chi connectivity index (χ0n) is 6.84. The van der Waals surface area contributed by atoms with E-state index in [1.165, 1.54) is 0 Å². The van der Waals surface area contributed by atoms with E-state index in [1.807, 2.05) is 6.07 Å². The molecule has 0 heterocycles. The second-order valence-corrected chi connectivity index (χ2v) is 2.57. The van der Waals surface area contributed by atoms with Crippen LogP contribution in [0.2, 0.25) is 5.02 Å². The third-order valence-electron chi connectivity index (χ3n) is 1.32. The molecule has 0 unspecified atom stereocenters. The molecule has 0 atom stereocenters. The first-order chi connectivity index (χ1) is 5.84. The molecule has 3 heteroatoms. The van der Waals surface area contributed by atoms with E-state index in [1.54, 1.807) is 19.2 Å². The second kappa shape index (κ2) is 5.01. The van der Waals surface area contributed by atoms with Gasteiger partial charge in [0.15, 0.2) is 0 Å². The quantitative estimate of drug-likeness (QED) is 0.670. The van der Waals surface area contributed by atoms with Gasteiger partial charge in [0.2, 0.25) is 0 Å². The van der Waals surface area contributed by atoms with E-state index in [-0.39, 0.29) is 0 Å². The van der Waals surface area contributed by atoms with Gasteiger partial charge in [0, 0.05) is 13.2 Å². The van der Waals surface area contributed by atoms with Crippen LogP contribution in [0.1, 0.15) is 0 Å². The molecule has 0 saturated heterocycles. The Morgan fingerprint density at radius 2 is 2.33 bits per heavy atom. The summed E-state index contributed by atoms with van der Waals surface area (Å²) in [4.78, 5) is 0. The lowest BCUT2D eigenvalue weighted by Gasteiger charge is -2.05. The van der Waals surface area contributed by atoms with Crippen LogP contribution in [-0.4, -0.2) is 20.3 Å². The molecule has 65 valence electrons. The lowest BCUT2D eigenvalue weighted by Crippen LogP contribution is -2.04. The van der Waals surface area contributed by atoms with E-state index in [0.29, 0.717) is 24.0 Å². The standard InChI is InChI=1S/C9H10ClO2/c1-11-6-7-12-9-5-3-2-4-8(9)10/h2-3,5H,6-7H2,1H3. The minimum atomic E-state index is 0.508. The molecule has 0 aliphatic heterocycles. The number of rotatable bonds is 4. The molecule has 0 N–H and O–H groups in total. The molecule has 12 heavy (non-hydrogen) atoms. The van der Waals surface area contributed by atoms with Gasteiger partial charge in [-0.25, -0.2) is 0 Å². The van der Waals surface area contributed by atoms with Gasteiger partial charge < -0.3 is 9.47 Å². The van der Waals surface area contributed by atoms with Crippen LogP contribution in [0.5, 0.6) is 5.75 Å². The summed E-state index contributed by atoms with van der Waals surface area (Å²) in [6, 6.07) is 8.20. The van der Waals surface area contributed by atoms with Crippen molar-refractivity contribution in [3.8, 4) is 5.75 Å². The van der Waals surface area contributed by atoms with Crippen molar-refractivity contribution < 1.29 is 9.47 Å². The summed E-state index contributed by atoms with van der Waals surface area (Å²) in [6.07, 6.45) is 0. The molecule has 0 aliphatic carbocycles. The third-order valence-corrected chi connectivity index (χ3v) is 1.61. The first-order valence-electron chi connectivity index (χ1n) is 3.62. The number of halogens is 1. The maximum absolute atomic E-state index is 5.78. The predicted molar refractivity (Wildman–Crippen MR) is 47.7 cm³/mol. The molecule has 2 nitrogen and oxygen atoms in total. The Bertz CT molecular complexity index is 238. The largest absolute Gasteiger partial charge is 0.490 e. The van der Waals surface area contributed by atoms with Crippen molar-refractivity contribution in [1.82, 2.24) is 0 Å².